The van der Waals surface area contributed by atoms with E-state index in [0.717, 1.165) is 0 Å². The van der Waals surface area contributed by atoms with Crippen molar-refractivity contribution in [3.63, 3.8) is 0 Å². The van der Waals surface area contributed by atoms with Crippen molar-refractivity contribution in [2.24, 2.45) is 0 Å². The molecule has 0 aliphatic heterocycles. The van der Waals surface area contributed by atoms with Crippen molar-refractivity contribution < 1.29 is 48.7 Å². The number of rotatable bonds is 0. The molecule has 0 amide bonds. The first-order valence-corrected chi connectivity index (χ1v) is 2.19. The van der Waals surface area contributed by atoms with Gasteiger partial charge in [0.1, 0.15) is 0 Å². The van der Waals surface area contributed by atoms with E-state index in [1.807, 2.05) is 0 Å². The Kier molecular flexibility index (Phi) is 11.3. The van der Waals surface area contributed by atoms with Crippen molar-refractivity contribution in [1.29, 1.82) is 0 Å². The van der Waals surface area contributed by atoms with E-state index in [0.29, 0.717) is 0 Å². The predicted molar refractivity (Wildman–Crippen MR) is 7.61 cm³/mol. The van der Waals surface area contributed by atoms with Gasteiger partial charge in [-0.05, 0) is 0 Å². The molecule has 0 N–H and O–H groups in total. The molecule has 0 rings (SSSR count). The molecular formula is ClMnO4P. The van der Waals surface area contributed by atoms with Crippen LogP contribution in [-0.2, 0) is 21.6 Å². The number of halogens is 1. The normalized spacial score (nSPS) is 8.43. The van der Waals surface area contributed by atoms with E-state index < -0.39 is 7.82 Å². The molecule has 4 nitrogen and oxygen atoms in total. The van der Waals surface area contributed by atoms with Gasteiger partial charge in [-0.2, -0.15) is 7.82 Å². The minimum atomic E-state index is -5.39. The van der Waals surface area contributed by atoms with Crippen LogP contribution in [0.3, 0.4) is 0 Å². The molecule has 0 aliphatic rings. The Bertz CT molecular complexity index is 57.8. The fourth-order valence-corrected chi connectivity index (χ4v) is 0. The van der Waals surface area contributed by atoms with Gasteiger partial charge < -0.3 is 31.7 Å². The molecule has 0 spiro atoms. The van der Waals surface area contributed by atoms with Crippen LogP contribution in [-0.4, -0.2) is 0 Å². The van der Waals surface area contributed by atoms with E-state index in [2.05, 4.69) is 0 Å². The largest absolute Gasteiger partial charge is 4.00 e. The molecule has 0 unspecified atom stereocenters. The molecule has 7 heteroatoms. The third-order valence-electron chi connectivity index (χ3n) is 0. The molecule has 0 heterocycles. The van der Waals surface area contributed by atoms with Gasteiger partial charge in [-0.1, -0.05) is 0 Å². The van der Waals surface area contributed by atoms with Crippen molar-refractivity contribution in [2.75, 3.05) is 0 Å². The first-order valence-electron chi connectivity index (χ1n) is 0.730. The molecule has 1 radical (unpaired) electrons. The summed E-state index contributed by atoms with van der Waals surface area (Å²) in [5, 5.41) is 0. The van der Waals surface area contributed by atoms with Crippen LogP contribution in [0.15, 0.2) is 0 Å². The van der Waals surface area contributed by atoms with Crippen molar-refractivity contribution in [2.45, 2.75) is 0 Å². The van der Waals surface area contributed by atoms with Gasteiger partial charge in [-0.15, -0.1) is 0 Å². The molecule has 0 atom stereocenters. The van der Waals surface area contributed by atoms with E-state index >= 15 is 0 Å². The average Bonchev–Trinajstić information content (AvgIpc) is 0.722. The fraction of sp³-hybridized carbons (Fsp3) is 0. The van der Waals surface area contributed by atoms with Gasteiger partial charge in [-0.25, -0.2) is 0 Å². The summed E-state index contributed by atoms with van der Waals surface area (Å²) in [6.07, 6.45) is 0. The summed E-state index contributed by atoms with van der Waals surface area (Å²) in [5.74, 6) is 0. The van der Waals surface area contributed by atoms with E-state index in [1.165, 1.54) is 0 Å². The minimum absolute atomic E-state index is 0. The van der Waals surface area contributed by atoms with Crippen LogP contribution >= 0.6 is 7.82 Å². The molecule has 0 aromatic rings. The van der Waals surface area contributed by atoms with E-state index in [1.54, 1.807) is 0 Å². The molecule has 0 aromatic heterocycles. The van der Waals surface area contributed by atoms with Gasteiger partial charge >= 0.3 is 17.1 Å². The summed E-state index contributed by atoms with van der Waals surface area (Å²) in [7, 11) is -5.39. The molecule has 0 bridgehead atoms. The first-order chi connectivity index (χ1) is 2.00. The van der Waals surface area contributed by atoms with E-state index in [9.17, 15) is 0 Å². The average molecular weight is 185 g/mol. The summed E-state index contributed by atoms with van der Waals surface area (Å²) in [6, 6.07) is 0. The van der Waals surface area contributed by atoms with Crippen LogP contribution in [0.5, 0.6) is 0 Å². The number of hydrogen-bond donors (Lipinski definition) is 0. The van der Waals surface area contributed by atoms with E-state index in [-0.39, 0.29) is 29.5 Å². The Morgan fingerprint density at radius 3 is 1.14 bits per heavy atom. The van der Waals surface area contributed by atoms with Crippen LogP contribution in [0.1, 0.15) is 0 Å². The van der Waals surface area contributed by atoms with Crippen LogP contribution in [0, 0.1) is 0 Å². The maximum atomic E-state index is 8.55. The van der Waals surface area contributed by atoms with Gasteiger partial charge in [0.25, 0.3) is 0 Å². The zero-order valence-electron chi connectivity index (χ0n) is 2.84. The SMILES string of the molecule is O=P([O-])([O-])[O-].[Cl-].[Mn+4]. The van der Waals surface area contributed by atoms with Crippen LogP contribution in [0.25, 0.3) is 0 Å². The second kappa shape index (κ2) is 5.06. The van der Waals surface area contributed by atoms with E-state index in [4.69, 9.17) is 19.2 Å². The summed E-state index contributed by atoms with van der Waals surface area (Å²) < 4.78 is 8.55. The van der Waals surface area contributed by atoms with Crippen LogP contribution in [0.2, 0.25) is 0 Å². The number of hydrogen-bond acceptors (Lipinski definition) is 4. The number of phosphoric acid groups is 1. The molecule has 0 fully saturated rings. The fourth-order valence-electron chi connectivity index (χ4n) is 0. The van der Waals surface area contributed by atoms with Crippen molar-refractivity contribution in [3.05, 3.63) is 0 Å². The molecule has 0 aliphatic carbocycles. The van der Waals surface area contributed by atoms with Crippen molar-refractivity contribution in [3.8, 4) is 0 Å². The van der Waals surface area contributed by atoms with Crippen LogP contribution in [0.4, 0.5) is 0 Å². The Balaban J connectivity index is -0.0000000800. The third kappa shape index (κ3) is 198. The molecule has 43 valence electrons. The minimum Gasteiger partial charge on any atom is -1.00 e. The first kappa shape index (κ1) is 15.7. The topological polar surface area (TPSA) is 86.2 Å². The summed E-state index contributed by atoms with van der Waals surface area (Å²) in [4.78, 5) is 25.6. The van der Waals surface area contributed by atoms with Crippen molar-refractivity contribution >= 4 is 7.82 Å². The van der Waals surface area contributed by atoms with Gasteiger partial charge in [0.05, 0.1) is 0 Å². The van der Waals surface area contributed by atoms with Gasteiger partial charge in [0.15, 0.2) is 0 Å². The zero-order valence-corrected chi connectivity index (χ0v) is 5.67. The Labute approximate surface area is 57.1 Å². The standard InChI is InChI=1S/ClH.Mn.H3O4P/c;;1-5(2,3)4/h1H;;(H3,1,2,3,4)/q;+4;/p-4. The van der Waals surface area contributed by atoms with Gasteiger partial charge in [0, 0.05) is 0 Å². The molecule has 7 heavy (non-hydrogen) atoms. The summed E-state index contributed by atoms with van der Waals surface area (Å²) in [6.45, 7) is 0. The Hall–Kier alpha value is 0.919. The maximum absolute atomic E-state index is 8.55. The van der Waals surface area contributed by atoms with Crippen molar-refractivity contribution in [1.82, 2.24) is 0 Å². The molecular weight excluding hydrogens is 185 g/mol. The monoisotopic (exact) mass is 185 g/mol. The predicted octanol–water partition coefficient (Wildman–Crippen LogP) is -5.82. The molecule has 0 saturated carbocycles. The third-order valence-corrected chi connectivity index (χ3v) is 0. The Morgan fingerprint density at radius 2 is 1.14 bits per heavy atom. The summed E-state index contributed by atoms with van der Waals surface area (Å²) >= 11 is 0. The van der Waals surface area contributed by atoms with Gasteiger partial charge in [-0.3, -0.25) is 0 Å². The second-order valence-electron chi connectivity index (χ2n) is 0.447. The summed E-state index contributed by atoms with van der Waals surface area (Å²) in [5.41, 5.74) is 0. The Morgan fingerprint density at radius 1 is 1.14 bits per heavy atom. The quantitative estimate of drug-likeness (QED) is 0.278. The molecule has 0 saturated heterocycles. The smallest absolute Gasteiger partial charge is 1.00 e. The molecule has 0 aromatic carbocycles. The zero-order chi connectivity index (χ0) is 4.50. The maximum Gasteiger partial charge on any atom is 4.00 e. The van der Waals surface area contributed by atoms with Crippen LogP contribution < -0.4 is 27.1 Å². The second-order valence-corrected chi connectivity index (χ2v) is 1.34. The van der Waals surface area contributed by atoms with Gasteiger partial charge in [0.2, 0.25) is 0 Å².